The minimum atomic E-state index is -0.138. The number of nitrogens with zero attached hydrogens (tertiary/aromatic N) is 2. The first kappa shape index (κ1) is 15.6. The predicted octanol–water partition coefficient (Wildman–Crippen LogP) is 3.56. The number of hydrogen-bond acceptors (Lipinski definition) is 4. The van der Waals surface area contributed by atoms with Gasteiger partial charge < -0.3 is 5.32 Å². The topological polar surface area (TPSA) is 57.3 Å². The lowest BCUT2D eigenvalue weighted by atomic mass is 9.99. The van der Waals surface area contributed by atoms with Gasteiger partial charge in [-0.15, -0.1) is 0 Å². The molecule has 0 saturated carbocycles. The van der Waals surface area contributed by atoms with E-state index in [0.717, 1.165) is 23.4 Å². The van der Waals surface area contributed by atoms with Crippen LogP contribution < -0.4 is 10.6 Å². The zero-order chi connectivity index (χ0) is 16.4. The SMILES string of the molecule is O=C(Nc1ncc(-c2ccccc2)s1)N[C@@H]1CCN2CCCC[C@H]12. The van der Waals surface area contributed by atoms with Crippen LogP contribution in [-0.4, -0.2) is 41.1 Å². The number of anilines is 1. The van der Waals surface area contributed by atoms with Crippen LogP contribution in [0.1, 0.15) is 25.7 Å². The van der Waals surface area contributed by atoms with Gasteiger partial charge >= 0.3 is 6.03 Å². The number of aromatic nitrogens is 1. The first-order chi connectivity index (χ1) is 11.8. The Kier molecular flexibility index (Phi) is 4.49. The number of rotatable bonds is 3. The summed E-state index contributed by atoms with van der Waals surface area (Å²) in [6.45, 7) is 2.28. The molecule has 2 amide bonds. The Balaban J connectivity index is 1.36. The van der Waals surface area contributed by atoms with Gasteiger partial charge in [-0.3, -0.25) is 10.2 Å². The molecule has 2 N–H and O–H groups in total. The van der Waals surface area contributed by atoms with Crippen LogP contribution in [0.5, 0.6) is 0 Å². The van der Waals surface area contributed by atoms with E-state index in [4.69, 9.17) is 0 Å². The summed E-state index contributed by atoms with van der Waals surface area (Å²) in [5.41, 5.74) is 1.12. The summed E-state index contributed by atoms with van der Waals surface area (Å²) in [4.78, 5) is 20.2. The van der Waals surface area contributed by atoms with Crippen molar-refractivity contribution in [1.82, 2.24) is 15.2 Å². The van der Waals surface area contributed by atoms with Crippen LogP contribution in [0.25, 0.3) is 10.4 Å². The molecule has 5 nitrogen and oxygen atoms in total. The molecule has 2 aromatic rings. The van der Waals surface area contributed by atoms with Crippen LogP contribution in [0.15, 0.2) is 36.5 Å². The molecule has 2 fully saturated rings. The third kappa shape index (κ3) is 3.30. The molecular formula is C18H22N4OS. The molecule has 2 saturated heterocycles. The Hall–Kier alpha value is -1.92. The van der Waals surface area contributed by atoms with E-state index >= 15 is 0 Å². The van der Waals surface area contributed by atoms with Crippen molar-refractivity contribution in [2.45, 2.75) is 37.8 Å². The Labute approximate surface area is 146 Å². The standard InChI is InChI=1S/C18H22N4OS/c23-17(20-14-9-11-22-10-5-4-8-15(14)22)21-18-19-12-16(24-18)13-6-2-1-3-7-13/h1-3,6-7,12,14-15H,4-5,8-11H2,(H2,19,20,21,23)/t14-,15-/m1/s1. The van der Waals surface area contributed by atoms with Gasteiger partial charge in [0, 0.05) is 24.8 Å². The number of carbonyl (C=O) groups excluding carboxylic acids is 1. The highest BCUT2D eigenvalue weighted by Gasteiger charge is 2.36. The van der Waals surface area contributed by atoms with Crippen molar-refractivity contribution in [1.29, 1.82) is 0 Å². The second-order valence-corrected chi connectivity index (χ2v) is 7.52. The van der Waals surface area contributed by atoms with Gasteiger partial charge in [-0.05, 0) is 31.4 Å². The molecule has 2 aliphatic heterocycles. The van der Waals surface area contributed by atoms with E-state index in [1.165, 1.54) is 37.1 Å². The maximum atomic E-state index is 12.3. The highest BCUT2D eigenvalue weighted by atomic mass is 32.1. The zero-order valence-electron chi connectivity index (χ0n) is 13.6. The third-order valence-electron chi connectivity index (χ3n) is 4.96. The number of amides is 2. The third-order valence-corrected chi connectivity index (χ3v) is 5.92. The summed E-state index contributed by atoms with van der Waals surface area (Å²) >= 11 is 1.50. The van der Waals surface area contributed by atoms with Crippen LogP contribution in [-0.2, 0) is 0 Å². The minimum absolute atomic E-state index is 0.138. The largest absolute Gasteiger partial charge is 0.333 e. The fourth-order valence-corrected chi connectivity index (χ4v) is 4.60. The van der Waals surface area contributed by atoms with Crippen molar-refractivity contribution in [2.24, 2.45) is 0 Å². The maximum absolute atomic E-state index is 12.3. The van der Waals surface area contributed by atoms with E-state index in [1.807, 2.05) is 36.5 Å². The average molecular weight is 342 g/mol. The molecule has 0 aliphatic carbocycles. The van der Waals surface area contributed by atoms with E-state index in [-0.39, 0.29) is 12.1 Å². The maximum Gasteiger partial charge on any atom is 0.321 e. The van der Waals surface area contributed by atoms with Crippen molar-refractivity contribution in [3.8, 4) is 10.4 Å². The molecular weight excluding hydrogens is 320 g/mol. The first-order valence-electron chi connectivity index (χ1n) is 8.62. The second kappa shape index (κ2) is 6.91. The predicted molar refractivity (Wildman–Crippen MR) is 97.3 cm³/mol. The number of hydrogen-bond donors (Lipinski definition) is 2. The highest BCUT2D eigenvalue weighted by molar-refractivity contribution is 7.19. The fraction of sp³-hybridized carbons (Fsp3) is 0.444. The average Bonchev–Trinajstić information content (AvgIpc) is 3.23. The van der Waals surface area contributed by atoms with Crippen molar-refractivity contribution >= 4 is 22.5 Å². The Morgan fingerprint density at radius 2 is 2.04 bits per heavy atom. The van der Waals surface area contributed by atoms with Crippen LogP contribution >= 0.6 is 11.3 Å². The molecule has 24 heavy (non-hydrogen) atoms. The molecule has 0 spiro atoms. The lowest BCUT2D eigenvalue weighted by Gasteiger charge is -2.32. The molecule has 1 aromatic heterocycles. The Morgan fingerprint density at radius 1 is 1.17 bits per heavy atom. The van der Waals surface area contributed by atoms with Crippen molar-refractivity contribution in [3.63, 3.8) is 0 Å². The number of urea groups is 1. The highest BCUT2D eigenvalue weighted by Crippen LogP contribution is 2.29. The van der Waals surface area contributed by atoms with Gasteiger partial charge in [-0.25, -0.2) is 9.78 Å². The van der Waals surface area contributed by atoms with E-state index < -0.39 is 0 Å². The van der Waals surface area contributed by atoms with Crippen LogP contribution in [0, 0.1) is 0 Å². The Bertz CT molecular complexity index is 702. The normalized spacial score (nSPS) is 23.7. The minimum Gasteiger partial charge on any atom is -0.333 e. The summed E-state index contributed by atoms with van der Waals surface area (Å²) < 4.78 is 0. The Morgan fingerprint density at radius 3 is 2.92 bits per heavy atom. The molecule has 2 aliphatic rings. The summed E-state index contributed by atoms with van der Waals surface area (Å²) in [6, 6.07) is 10.7. The summed E-state index contributed by atoms with van der Waals surface area (Å²) in [5, 5.41) is 6.69. The quantitative estimate of drug-likeness (QED) is 0.897. The van der Waals surface area contributed by atoms with Gasteiger partial charge in [-0.2, -0.15) is 0 Å². The number of benzene rings is 1. The van der Waals surface area contributed by atoms with Crippen molar-refractivity contribution in [3.05, 3.63) is 36.5 Å². The molecule has 4 rings (SSSR count). The van der Waals surface area contributed by atoms with Gasteiger partial charge in [-0.1, -0.05) is 48.1 Å². The molecule has 1 aromatic carbocycles. The van der Waals surface area contributed by atoms with E-state index in [9.17, 15) is 4.79 Å². The lowest BCUT2D eigenvalue weighted by Crippen LogP contribution is -2.47. The van der Waals surface area contributed by atoms with Gasteiger partial charge in [0.15, 0.2) is 5.13 Å². The number of thiazole rings is 1. The van der Waals surface area contributed by atoms with E-state index in [1.54, 1.807) is 0 Å². The van der Waals surface area contributed by atoms with Crippen LogP contribution in [0.4, 0.5) is 9.93 Å². The van der Waals surface area contributed by atoms with E-state index in [2.05, 4.69) is 20.5 Å². The zero-order valence-corrected chi connectivity index (χ0v) is 14.4. The summed E-state index contributed by atoms with van der Waals surface area (Å²) in [5.74, 6) is 0. The van der Waals surface area contributed by atoms with Gasteiger partial charge in [0.25, 0.3) is 0 Å². The first-order valence-corrected chi connectivity index (χ1v) is 9.44. The van der Waals surface area contributed by atoms with E-state index in [0.29, 0.717) is 11.2 Å². The molecule has 126 valence electrons. The molecule has 2 atom stereocenters. The fourth-order valence-electron chi connectivity index (χ4n) is 3.79. The van der Waals surface area contributed by atoms with Crippen molar-refractivity contribution < 1.29 is 4.79 Å². The second-order valence-electron chi connectivity index (χ2n) is 6.49. The number of fused-ring (bicyclic) bond motifs is 1. The van der Waals surface area contributed by atoms with Crippen LogP contribution in [0.2, 0.25) is 0 Å². The monoisotopic (exact) mass is 342 g/mol. The molecule has 0 radical (unpaired) electrons. The summed E-state index contributed by atoms with van der Waals surface area (Å²) in [7, 11) is 0. The van der Waals surface area contributed by atoms with Crippen LogP contribution in [0.3, 0.4) is 0 Å². The molecule has 0 unspecified atom stereocenters. The van der Waals surface area contributed by atoms with Gasteiger partial charge in [0.2, 0.25) is 0 Å². The van der Waals surface area contributed by atoms with Crippen molar-refractivity contribution in [2.75, 3.05) is 18.4 Å². The number of nitrogens with one attached hydrogen (secondary N) is 2. The molecule has 3 heterocycles. The van der Waals surface area contributed by atoms with Gasteiger partial charge in [0.05, 0.1) is 4.88 Å². The molecule has 6 heteroatoms. The summed E-state index contributed by atoms with van der Waals surface area (Å²) in [6.07, 6.45) is 6.62. The number of piperidine rings is 1. The number of carbonyl (C=O) groups is 1. The smallest absolute Gasteiger partial charge is 0.321 e. The molecule has 0 bridgehead atoms. The van der Waals surface area contributed by atoms with Gasteiger partial charge in [0.1, 0.15) is 0 Å². The lowest BCUT2D eigenvalue weighted by molar-refractivity contribution is 0.180.